The average molecular weight is 392 g/mol. The van der Waals surface area contributed by atoms with Crippen molar-refractivity contribution >= 4 is 50.6 Å². The van der Waals surface area contributed by atoms with E-state index in [2.05, 4.69) is 10.5 Å². The Morgan fingerprint density at radius 2 is 2.00 bits per heavy atom. The van der Waals surface area contributed by atoms with Crippen LogP contribution in [0.5, 0.6) is 0 Å². The lowest BCUT2D eigenvalue weighted by molar-refractivity contribution is -0.116. The van der Waals surface area contributed by atoms with Crippen LogP contribution in [0.1, 0.15) is 12.2 Å². The summed E-state index contributed by atoms with van der Waals surface area (Å²) in [7, 11) is -3.59. The number of sulfonamides is 1. The Morgan fingerprint density at radius 3 is 2.54 bits per heavy atom. The molecule has 10 heteroatoms. The number of nitrogens with zero attached hydrogens (tertiary/aromatic N) is 2. The third-order valence-electron chi connectivity index (χ3n) is 3.02. The van der Waals surface area contributed by atoms with Gasteiger partial charge in [-0.2, -0.15) is 0 Å². The quantitative estimate of drug-likeness (QED) is 0.816. The first kappa shape index (κ1) is 18.6. The van der Waals surface area contributed by atoms with Gasteiger partial charge >= 0.3 is 0 Å². The van der Waals surface area contributed by atoms with E-state index in [1.807, 2.05) is 0 Å². The lowest BCUT2D eigenvalue weighted by Crippen LogP contribution is -2.33. The number of halogens is 2. The van der Waals surface area contributed by atoms with Crippen molar-refractivity contribution in [3.05, 3.63) is 40.1 Å². The summed E-state index contributed by atoms with van der Waals surface area (Å²) in [5, 5.41) is 6.98. The molecule has 0 saturated heterocycles. The minimum absolute atomic E-state index is 0.0702. The molecule has 1 aromatic carbocycles. The summed E-state index contributed by atoms with van der Waals surface area (Å²) in [5.41, 5.74) is 0.470. The lowest BCUT2D eigenvalue weighted by atomic mass is 10.3. The Kier molecular flexibility index (Phi) is 5.74. The number of benzene rings is 1. The lowest BCUT2D eigenvalue weighted by Gasteiger charge is -2.18. The van der Waals surface area contributed by atoms with Crippen molar-refractivity contribution in [3.63, 3.8) is 0 Å². The van der Waals surface area contributed by atoms with Crippen molar-refractivity contribution < 1.29 is 17.7 Å². The zero-order chi connectivity index (χ0) is 17.9. The number of amides is 1. The van der Waals surface area contributed by atoms with Crippen LogP contribution in [0, 0.1) is 6.92 Å². The molecular weight excluding hydrogens is 377 g/mol. The maximum absolute atomic E-state index is 12.0. The van der Waals surface area contributed by atoms with Crippen molar-refractivity contribution in [3.8, 4) is 0 Å². The van der Waals surface area contributed by atoms with Crippen LogP contribution in [0.25, 0.3) is 0 Å². The molecule has 1 amide bonds. The molecule has 0 aliphatic heterocycles. The van der Waals surface area contributed by atoms with Crippen LogP contribution >= 0.6 is 23.2 Å². The highest BCUT2D eigenvalue weighted by Gasteiger charge is 2.21. The fourth-order valence-electron chi connectivity index (χ4n) is 1.92. The highest BCUT2D eigenvalue weighted by Crippen LogP contribution is 2.25. The Labute approximate surface area is 149 Å². The second kappa shape index (κ2) is 7.42. The molecule has 7 nitrogen and oxygen atoms in total. The normalized spacial score (nSPS) is 11.3. The van der Waals surface area contributed by atoms with Gasteiger partial charge in [-0.05, 0) is 25.1 Å². The van der Waals surface area contributed by atoms with Crippen LogP contribution in [0.15, 0.2) is 28.8 Å². The highest BCUT2D eigenvalue weighted by molar-refractivity contribution is 7.92. The minimum atomic E-state index is -3.59. The SMILES string of the molecule is Cc1cc(N(CCC(=O)Nc2ccc(Cl)c(Cl)c2)S(C)(=O)=O)no1. The summed E-state index contributed by atoms with van der Waals surface area (Å²) in [6.07, 6.45) is 0.965. The summed E-state index contributed by atoms with van der Waals surface area (Å²) < 4.78 is 29.6. The van der Waals surface area contributed by atoms with Crippen LogP contribution in [0.3, 0.4) is 0 Å². The molecule has 0 atom stereocenters. The van der Waals surface area contributed by atoms with Gasteiger partial charge in [-0.25, -0.2) is 8.42 Å². The molecule has 0 aliphatic carbocycles. The summed E-state index contributed by atoms with van der Waals surface area (Å²) in [5.74, 6) is 0.235. The molecule has 0 fully saturated rings. The summed E-state index contributed by atoms with van der Waals surface area (Å²) in [6, 6.07) is 6.15. The van der Waals surface area contributed by atoms with Gasteiger partial charge in [0.2, 0.25) is 15.9 Å². The second-order valence-corrected chi connectivity index (χ2v) is 7.78. The predicted octanol–water partition coefficient (Wildman–Crippen LogP) is 3.08. The number of nitrogens with one attached hydrogen (secondary N) is 1. The summed E-state index contributed by atoms with van der Waals surface area (Å²) in [4.78, 5) is 12.0. The molecule has 2 aromatic rings. The van der Waals surface area contributed by atoms with Crippen molar-refractivity contribution in [2.45, 2.75) is 13.3 Å². The Hall–Kier alpha value is -1.77. The summed E-state index contributed by atoms with van der Waals surface area (Å²) >= 11 is 11.7. The Balaban J connectivity index is 2.03. The first-order chi connectivity index (χ1) is 11.2. The van der Waals surface area contributed by atoms with E-state index in [0.29, 0.717) is 21.5 Å². The van der Waals surface area contributed by atoms with Gasteiger partial charge in [0.1, 0.15) is 5.76 Å². The van der Waals surface area contributed by atoms with Gasteiger partial charge < -0.3 is 9.84 Å². The topological polar surface area (TPSA) is 92.5 Å². The number of carbonyl (C=O) groups is 1. The smallest absolute Gasteiger partial charge is 0.233 e. The molecule has 24 heavy (non-hydrogen) atoms. The average Bonchev–Trinajstić information content (AvgIpc) is 2.88. The highest BCUT2D eigenvalue weighted by atomic mass is 35.5. The number of hydrogen-bond acceptors (Lipinski definition) is 5. The third-order valence-corrected chi connectivity index (χ3v) is 4.93. The van der Waals surface area contributed by atoms with Crippen LogP contribution < -0.4 is 9.62 Å². The molecule has 2 rings (SSSR count). The maximum atomic E-state index is 12.0. The molecule has 0 radical (unpaired) electrons. The first-order valence-corrected chi connectivity index (χ1v) is 9.43. The van der Waals surface area contributed by atoms with Crippen molar-refractivity contribution in [1.82, 2.24) is 5.16 Å². The standard InChI is InChI=1S/C14H15Cl2N3O4S/c1-9-7-13(18-23-9)19(24(2,21)22)6-5-14(20)17-10-3-4-11(15)12(16)8-10/h3-4,7-8H,5-6H2,1-2H3,(H,17,20). The third kappa shape index (κ3) is 4.86. The summed E-state index contributed by atoms with van der Waals surface area (Å²) in [6.45, 7) is 1.58. The van der Waals surface area contributed by atoms with E-state index >= 15 is 0 Å². The zero-order valence-electron chi connectivity index (χ0n) is 12.9. The van der Waals surface area contributed by atoms with Crippen molar-refractivity contribution in [1.29, 1.82) is 0 Å². The van der Waals surface area contributed by atoms with E-state index in [1.54, 1.807) is 19.1 Å². The number of aryl methyl sites for hydroxylation is 1. The van der Waals surface area contributed by atoms with Gasteiger partial charge in [-0.15, -0.1) is 0 Å². The zero-order valence-corrected chi connectivity index (χ0v) is 15.2. The number of rotatable bonds is 6. The largest absolute Gasteiger partial charge is 0.360 e. The van der Waals surface area contributed by atoms with Gasteiger partial charge in [0.25, 0.3) is 0 Å². The molecule has 1 heterocycles. The second-order valence-electron chi connectivity index (χ2n) is 5.06. The Morgan fingerprint density at radius 1 is 1.29 bits per heavy atom. The molecule has 0 unspecified atom stereocenters. The van der Waals surface area contributed by atoms with Gasteiger partial charge in [-0.1, -0.05) is 28.4 Å². The van der Waals surface area contributed by atoms with E-state index in [4.69, 9.17) is 27.7 Å². The van der Waals surface area contributed by atoms with Crippen LogP contribution in [0.2, 0.25) is 10.0 Å². The van der Waals surface area contributed by atoms with E-state index in [0.717, 1.165) is 10.6 Å². The van der Waals surface area contributed by atoms with Gasteiger partial charge in [0.15, 0.2) is 5.82 Å². The van der Waals surface area contributed by atoms with E-state index in [-0.39, 0.29) is 24.7 Å². The maximum Gasteiger partial charge on any atom is 0.233 e. The van der Waals surface area contributed by atoms with Crippen LogP contribution in [0.4, 0.5) is 11.5 Å². The Bertz CT molecular complexity index is 851. The monoisotopic (exact) mass is 391 g/mol. The number of carbonyl (C=O) groups excluding carboxylic acids is 1. The molecular formula is C14H15Cl2N3O4S. The molecule has 0 bridgehead atoms. The fraction of sp³-hybridized carbons (Fsp3) is 0.286. The molecule has 1 aromatic heterocycles. The van der Waals surface area contributed by atoms with Crippen LogP contribution in [-0.2, 0) is 14.8 Å². The number of aromatic nitrogens is 1. The van der Waals surface area contributed by atoms with Crippen molar-refractivity contribution in [2.75, 3.05) is 22.4 Å². The fourth-order valence-corrected chi connectivity index (χ4v) is 3.07. The number of anilines is 2. The minimum Gasteiger partial charge on any atom is -0.360 e. The van der Waals surface area contributed by atoms with Gasteiger partial charge in [0.05, 0.1) is 16.3 Å². The predicted molar refractivity (Wildman–Crippen MR) is 93.1 cm³/mol. The van der Waals surface area contributed by atoms with Crippen LogP contribution in [-0.4, -0.2) is 32.3 Å². The van der Waals surface area contributed by atoms with Gasteiger partial charge in [-0.3, -0.25) is 9.10 Å². The molecule has 0 aliphatic rings. The van der Waals surface area contributed by atoms with Gasteiger partial charge in [0, 0.05) is 24.7 Å². The molecule has 130 valence electrons. The molecule has 0 saturated carbocycles. The number of hydrogen-bond donors (Lipinski definition) is 1. The van der Waals surface area contributed by atoms with Crippen molar-refractivity contribution in [2.24, 2.45) is 0 Å². The first-order valence-electron chi connectivity index (χ1n) is 6.83. The molecule has 1 N–H and O–H groups in total. The molecule has 0 spiro atoms. The van der Waals surface area contributed by atoms with E-state index in [1.165, 1.54) is 12.1 Å². The van der Waals surface area contributed by atoms with E-state index in [9.17, 15) is 13.2 Å². The van der Waals surface area contributed by atoms with E-state index < -0.39 is 10.0 Å².